The number of hydrogen-bond acceptors (Lipinski definition) is 3. The van der Waals surface area contributed by atoms with Gasteiger partial charge in [-0.05, 0) is 50.3 Å². The quantitative estimate of drug-likeness (QED) is 0.860. The molecule has 134 valence electrons. The molecule has 2 fully saturated rings. The van der Waals surface area contributed by atoms with Crippen molar-refractivity contribution < 1.29 is 19.5 Å². The number of aliphatic carboxylic acids is 1. The molecule has 1 aromatic carbocycles. The summed E-state index contributed by atoms with van der Waals surface area (Å²) in [5.41, 5.74) is 0.984. The van der Waals surface area contributed by atoms with E-state index in [1.807, 2.05) is 11.8 Å². The van der Waals surface area contributed by atoms with Crippen LogP contribution in [0.2, 0.25) is 0 Å². The van der Waals surface area contributed by atoms with E-state index in [0.717, 1.165) is 37.9 Å². The minimum Gasteiger partial charge on any atom is -0.481 e. The van der Waals surface area contributed by atoms with Crippen molar-refractivity contribution in [2.45, 2.75) is 45.4 Å². The molecule has 1 saturated carbocycles. The largest absolute Gasteiger partial charge is 0.481 e. The highest BCUT2D eigenvalue weighted by Gasteiger charge is 2.45. The van der Waals surface area contributed by atoms with Crippen molar-refractivity contribution in [2.24, 2.45) is 5.41 Å². The third-order valence-corrected chi connectivity index (χ3v) is 5.49. The Hall–Kier alpha value is -2.37. The molecule has 0 unspecified atom stereocenters. The summed E-state index contributed by atoms with van der Waals surface area (Å²) in [6.07, 6.45) is 3.96. The van der Waals surface area contributed by atoms with Crippen molar-refractivity contribution in [3.8, 4) is 0 Å². The molecule has 0 radical (unpaired) electrons. The van der Waals surface area contributed by atoms with Gasteiger partial charge in [0, 0.05) is 30.8 Å². The number of carbonyl (C=O) groups excluding carboxylic acids is 2. The Morgan fingerprint density at radius 1 is 1.16 bits per heavy atom. The number of amides is 2. The van der Waals surface area contributed by atoms with E-state index in [1.54, 1.807) is 18.2 Å². The predicted molar refractivity (Wildman–Crippen MR) is 93.5 cm³/mol. The summed E-state index contributed by atoms with van der Waals surface area (Å²) in [7, 11) is 0. The third-order valence-electron chi connectivity index (χ3n) is 5.49. The number of carboxylic acid groups (broad SMARTS) is 1. The van der Waals surface area contributed by atoms with Gasteiger partial charge in [-0.25, -0.2) is 0 Å². The first kappa shape index (κ1) is 17.5. The zero-order valence-electron chi connectivity index (χ0n) is 14.5. The lowest BCUT2D eigenvalue weighted by Crippen LogP contribution is -2.41. The van der Waals surface area contributed by atoms with E-state index in [9.17, 15) is 19.5 Å². The van der Waals surface area contributed by atoms with Crippen molar-refractivity contribution in [1.29, 1.82) is 0 Å². The maximum Gasteiger partial charge on any atom is 0.310 e. The number of likely N-dealkylation sites (tertiary alicyclic amines) is 1. The van der Waals surface area contributed by atoms with Crippen LogP contribution < -0.4 is 5.32 Å². The lowest BCUT2D eigenvalue weighted by Gasteiger charge is -2.37. The Kier molecular flexibility index (Phi) is 4.79. The van der Waals surface area contributed by atoms with E-state index in [-0.39, 0.29) is 18.2 Å². The number of hydrogen-bond donors (Lipinski definition) is 2. The number of carboxylic acids is 1. The van der Waals surface area contributed by atoms with Crippen LogP contribution in [-0.2, 0) is 9.59 Å². The second-order valence-corrected chi connectivity index (χ2v) is 7.14. The fourth-order valence-electron chi connectivity index (χ4n) is 3.66. The molecule has 0 aromatic heterocycles. The Morgan fingerprint density at radius 2 is 1.84 bits per heavy atom. The molecular weight excluding hydrogens is 320 g/mol. The zero-order chi connectivity index (χ0) is 18.0. The Labute approximate surface area is 147 Å². The monoisotopic (exact) mass is 344 g/mol. The van der Waals surface area contributed by atoms with Gasteiger partial charge in [-0.15, -0.1) is 0 Å². The van der Waals surface area contributed by atoms with Crippen LogP contribution in [0.4, 0.5) is 5.69 Å². The highest BCUT2D eigenvalue weighted by molar-refractivity contribution is 6.00. The van der Waals surface area contributed by atoms with Gasteiger partial charge in [0.15, 0.2) is 0 Å². The van der Waals surface area contributed by atoms with E-state index in [1.165, 1.54) is 0 Å². The second-order valence-electron chi connectivity index (χ2n) is 7.14. The summed E-state index contributed by atoms with van der Waals surface area (Å²) >= 11 is 0. The molecule has 0 spiro atoms. The first-order valence-corrected chi connectivity index (χ1v) is 8.85. The molecule has 1 aliphatic carbocycles. The summed E-state index contributed by atoms with van der Waals surface area (Å²) in [5, 5.41) is 12.2. The summed E-state index contributed by atoms with van der Waals surface area (Å²) in [4.78, 5) is 38.2. The summed E-state index contributed by atoms with van der Waals surface area (Å²) < 4.78 is 0. The van der Waals surface area contributed by atoms with Crippen molar-refractivity contribution in [3.63, 3.8) is 0 Å². The highest BCUT2D eigenvalue weighted by Crippen LogP contribution is 2.44. The lowest BCUT2D eigenvalue weighted by atomic mass is 9.66. The number of nitrogens with one attached hydrogen (secondary N) is 1. The highest BCUT2D eigenvalue weighted by atomic mass is 16.4. The van der Waals surface area contributed by atoms with E-state index in [4.69, 9.17) is 0 Å². The molecule has 2 amide bonds. The van der Waals surface area contributed by atoms with E-state index in [2.05, 4.69) is 5.32 Å². The Bertz CT molecular complexity index is 703. The zero-order valence-corrected chi connectivity index (χ0v) is 14.5. The number of rotatable bonds is 5. The second kappa shape index (κ2) is 6.86. The fraction of sp³-hybridized carbons (Fsp3) is 0.526. The molecule has 6 heteroatoms. The summed E-state index contributed by atoms with van der Waals surface area (Å²) in [5.74, 6) is -1.22. The van der Waals surface area contributed by atoms with Gasteiger partial charge in [0.25, 0.3) is 5.91 Å². The maximum absolute atomic E-state index is 12.6. The van der Waals surface area contributed by atoms with Crippen molar-refractivity contribution in [1.82, 2.24) is 4.90 Å². The Morgan fingerprint density at radius 3 is 2.40 bits per heavy atom. The number of carbonyl (C=O) groups is 3. The number of benzene rings is 1. The topological polar surface area (TPSA) is 86.7 Å². The molecule has 2 N–H and O–H groups in total. The van der Waals surface area contributed by atoms with Crippen molar-refractivity contribution in [3.05, 3.63) is 29.3 Å². The molecule has 0 atom stereocenters. The minimum absolute atomic E-state index is 0.00732. The third kappa shape index (κ3) is 3.38. The number of anilines is 1. The van der Waals surface area contributed by atoms with Gasteiger partial charge in [-0.1, -0.05) is 12.5 Å². The molecule has 1 saturated heterocycles. The van der Waals surface area contributed by atoms with Crippen LogP contribution in [0.3, 0.4) is 0 Å². The van der Waals surface area contributed by atoms with Crippen LogP contribution in [0.25, 0.3) is 0 Å². The maximum atomic E-state index is 12.6. The van der Waals surface area contributed by atoms with Crippen LogP contribution in [0.15, 0.2) is 18.2 Å². The molecule has 2 aliphatic rings. The van der Waals surface area contributed by atoms with E-state index in [0.29, 0.717) is 24.1 Å². The van der Waals surface area contributed by atoms with E-state index < -0.39 is 11.4 Å². The predicted octanol–water partition coefficient (Wildman–Crippen LogP) is 2.81. The van der Waals surface area contributed by atoms with Crippen LogP contribution in [0, 0.1) is 12.3 Å². The average molecular weight is 344 g/mol. The van der Waals surface area contributed by atoms with Crippen LogP contribution in [0.5, 0.6) is 0 Å². The molecule has 3 rings (SSSR count). The SMILES string of the molecule is Cc1c(NC(=O)CC2(C(=O)O)CCC2)cccc1C(=O)N1CCCC1. The summed E-state index contributed by atoms with van der Waals surface area (Å²) in [6, 6.07) is 5.28. The standard InChI is InChI=1S/C19H24N2O4/c1-13-14(17(23)21-10-2-3-11-21)6-4-7-15(13)20-16(22)12-19(18(24)25)8-5-9-19/h4,6-7H,2-3,5,8-12H2,1H3,(H,20,22)(H,24,25). The molecule has 1 aliphatic heterocycles. The fourth-order valence-corrected chi connectivity index (χ4v) is 3.66. The minimum atomic E-state index is -0.916. The normalized spacial score (nSPS) is 18.5. The molecular formula is C19H24N2O4. The van der Waals surface area contributed by atoms with Gasteiger partial charge in [0.1, 0.15) is 0 Å². The average Bonchev–Trinajstić information content (AvgIpc) is 3.06. The molecule has 1 aromatic rings. The Balaban J connectivity index is 1.72. The van der Waals surface area contributed by atoms with Crippen molar-refractivity contribution >= 4 is 23.5 Å². The first-order valence-electron chi connectivity index (χ1n) is 8.85. The van der Waals surface area contributed by atoms with Crippen LogP contribution in [-0.4, -0.2) is 40.9 Å². The van der Waals surface area contributed by atoms with Gasteiger partial charge >= 0.3 is 5.97 Å². The number of nitrogens with zero attached hydrogens (tertiary/aromatic N) is 1. The van der Waals surface area contributed by atoms with Gasteiger partial charge in [-0.3, -0.25) is 14.4 Å². The van der Waals surface area contributed by atoms with Gasteiger partial charge in [-0.2, -0.15) is 0 Å². The summed E-state index contributed by atoms with van der Waals surface area (Å²) in [6.45, 7) is 3.36. The molecule has 1 heterocycles. The van der Waals surface area contributed by atoms with E-state index >= 15 is 0 Å². The first-order chi connectivity index (χ1) is 11.9. The molecule has 6 nitrogen and oxygen atoms in total. The van der Waals surface area contributed by atoms with Crippen LogP contribution in [0.1, 0.15) is 54.4 Å². The van der Waals surface area contributed by atoms with Gasteiger partial charge in [0.05, 0.1) is 5.41 Å². The van der Waals surface area contributed by atoms with Crippen LogP contribution >= 0.6 is 0 Å². The lowest BCUT2D eigenvalue weighted by molar-refractivity contribution is -0.157. The smallest absolute Gasteiger partial charge is 0.310 e. The van der Waals surface area contributed by atoms with Gasteiger partial charge < -0.3 is 15.3 Å². The molecule has 25 heavy (non-hydrogen) atoms. The van der Waals surface area contributed by atoms with Crippen molar-refractivity contribution in [2.75, 3.05) is 18.4 Å². The van der Waals surface area contributed by atoms with Gasteiger partial charge in [0.2, 0.25) is 5.91 Å². The molecule has 0 bridgehead atoms.